The van der Waals surface area contributed by atoms with Crippen LogP contribution in [0.2, 0.25) is 0 Å². The highest BCUT2D eigenvalue weighted by Crippen LogP contribution is 2.37. The zero-order chi connectivity index (χ0) is 10.1. The SMILES string of the molecule is NC(CC1CC1)c1cc(O)cc(O)c1. The van der Waals surface area contributed by atoms with Crippen LogP contribution in [0.15, 0.2) is 18.2 Å². The number of hydrogen-bond donors (Lipinski definition) is 3. The summed E-state index contributed by atoms with van der Waals surface area (Å²) >= 11 is 0. The van der Waals surface area contributed by atoms with E-state index in [9.17, 15) is 10.2 Å². The molecule has 76 valence electrons. The molecule has 1 aliphatic carbocycles. The van der Waals surface area contributed by atoms with Crippen molar-refractivity contribution < 1.29 is 10.2 Å². The fourth-order valence-corrected chi connectivity index (χ4v) is 1.68. The summed E-state index contributed by atoms with van der Waals surface area (Å²) in [6.45, 7) is 0. The molecule has 0 spiro atoms. The summed E-state index contributed by atoms with van der Waals surface area (Å²) in [4.78, 5) is 0. The molecule has 1 fully saturated rings. The fraction of sp³-hybridized carbons (Fsp3) is 0.455. The zero-order valence-corrected chi connectivity index (χ0v) is 7.98. The quantitative estimate of drug-likeness (QED) is 0.686. The first-order valence-electron chi connectivity index (χ1n) is 4.93. The molecule has 1 atom stereocenters. The summed E-state index contributed by atoms with van der Waals surface area (Å²) in [5, 5.41) is 18.6. The van der Waals surface area contributed by atoms with Gasteiger partial charge in [0.15, 0.2) is 0 Å². The van der Waals surface area contributed by atoms with Crippen LogP contribution in [0, 0.1) is 5.92 Å². The Morgan fingerprint density at radius 1 is 1.21 bits per heavy atom. The molecule has 0 amide bonds. The predicted molar refractivity (Wildman–Crippen MR) is 54.0 cm³/mol. The van der Waals surface area contributed by atoms with Gasteiger partial charge in [0, 0.05) is 12.1 Å². The van der Waals surface area contributed by atoms with E-state index in [-0.39, 0.29) is 17.5 Å². The maximum absolute atomic E-state index is 9.28. The van der Waals surface area contributed by atoms with Gasteiger partial charge in [-0.05, 0) is 30.0 Å². The maximum atomic E-state index is 9.28. The van der Waals surface area contributed by atoms with Crippen molar-refractivity contribution in [1.29, 1.82) is 0 Å². The third-order valence-electron chi connectivity index (χ3n) is 2.64. The summed E-state index contributed by atoms with van der Waals surface area (Å²) < 4.78 is 0. The minimum absolute atomic E-state index is 0.0690. The van der Waals surface area contributed by atoms with Gasteiger partial charge in [-0.15, -0.1) is 0 Å². The highest BCUT2D eigenvalue weighted by Gasteiger charge is 2.24. The number of nitrogens with two attached hydrogens (primary N) is 1. The molecule has 1 aromatic rings. The van der Waals surface area contributed by atoms with Crippen molar-refractivity contribution in [1.82, 2.24) is 0 Å². The number of hydrogen-bond acceptors (Lipinski definition) is 3. The van der Waals surface area contributed by atoms with Crippen LogP contribution in [-0.2, 0) is 0 Å². The van der Waals surface area contributed by atoms with Crippen LogP contribution in [0.5, 0.6) is 11.5 Å². The van der Waals surface area contributed by atoms with Crippen molar-refractivity contribution in [2.75, 3.05) is 0 Å². The van der Waals surface area contributed by atoms with E-state index in [0.29, 0.717) is 0 Å². The van der Waals surface area contributed by atoms with Crippen LogP contribution in [0.3, 0.4) is 0 Å². The van der Waals surface area contributed by atoms with E-state index in [1.807, 2.05) is 0 Å². The van der Waals surface area contributed by atoms with Gasteiger partial charge in [0.2, 0.25) is 0 Å². The zero-order valence-electron chi connectivity index (χ0n) is 7.98. The topological polar surface area (TPSA) is 66.5 Å². The smallest absolute Gasteiger partial charge is 0.119 e. The third-order valence-corrected chi connectivity index (χ3v) is 2.64. The summed E-state index contributed by atoms with van der Waals surface area (Å²) in [6.07, 6.45) is 3.47. The Morgan fingerprint density at radius 3 is 2.29 bits per heavy atom. The largest absolute Gasteiger partial charge is 0.508 e. The summed E-state index contributed by atoms with van der Waals surface area (Å²) in [6, 6.07) is 4.48. The van der Waals surface area contributed by atoms with Crippen molar-refractivity contribution in [2.45, 2.75) is 25.3 Å². The number of aromatic hydroxyl groups is 2. The highest BCUT2D eigenvalue weighted by atomic mass is 16.3. The minimum Gasteiger partial charge on any atom is -0.508 e. The minimum atomic E-state index is -0.0690. The highest BCUT2D eigenvalue weighted by molar-refractivity contribution is 5.38. The summed E-state index contributed by atoms with van der Waals surface area (Å²) in [5.74, 6) is 0.895. The van der Waals surface area contributed by atoms with Crippen LogP contribution < -0.4 is 5.73 Å². The number of phenols is 2. The van der Waals surface area contributed by atoms with Crippen LogP contribution in [-0.4, -0.2) is 10.2 Å². The van der Waals surface area contributed by atoms with E-state index in [1.165, 1.54) is 18.9 Å². The molecule has 14 heavy (non-hydrogen) atoms. The molecule has 4 N–H and O–H groups in total. The Labute approximate surface area is 83.2 Å². The molecular formula is C11H15NO2. The molecule has 0 radical (unpaired) electrons. The molecule has 0 bridgehead atoms. The first-order chi connectivity index (χ1) is 6.65. The van der Waals surface area contributed by atoms with E-state index < -0.39 is 0 Å². The van der Waals surface area contributed by atoms with Crippen molar-refractivity contribution >= 4 is 0 Å². The Kier molecular flexibility index (Phi) is 2.33. The van der Waals surface area contributed by atoms with Gasteiger partial charge >= 0.3 is 0 Å². The van der Waals surface area contributed by atoms with E-state index in [4.69, 9.17) is 5.73 Å². The van der Waals surface area contributed by atoms with Gasteiger partial charge in [0.1, 0.15) is 11.5 Å². The van der Waals surface area contributed by atoms with Crippen molar-refractivity contribution in [3.8, 4) is 11.5 Å². The molecule has 0 heterocycles. The van der Waals surface area contributed by atoms with Gasteiger partial charge in [0.25, 0.3) is 0 Å². The van der Waals surface area contributed by atoms with E-state index >= 15 is 0 Å². The average Bonchev–Trinajstić information content (AvgIpc) is 2.86. The molecule has 3 nitrogen and oxygen atoms in total. The van der Waals surface area contributed by atoms with Crippen LogP contribution in [0.25, 0.3) is 0 Å². The van der Waals surface area contributed by atoms with Gasteiger partial charge < -0.3 is 15.9 Å². The van der Waals surface area contributed by atoms with Gasteiger partial charge in [-0.2, -0.15) is 0 Å². The number of benzene rings is 1. The fourth-order valence-electron chi connectivity index (χ4n) is 1.68. The molecule has 0 aromatic heterocycles. The first-order valence-corrected chi connectivity index (χ1v) is 4.93. The van der Waals surface area contributed by atoms with Crippen molar-refractivity contribution in [2.24, 2.45) is 11.7 Å². The third kappa shape index (κ3) is 2.17. The number of phenolic OH excluding ortho intramolecular Hbond substituents is 2. The van der Waals surface area contributed by atoms with E-state index in [1.54, 1.807) is 12.1 Å². The average molecular weight is 193 g/mol. The number of rotatable bonds is 3. The molecule has 2 rings (SSSR count). The molecule has 1 aliphatic rings. The monoisotopic (exact) mass is 193 g/mol. The van der Waals surface area contributed by atoms with E-state index in [2.05, 4.69) is 0 Å². The van der Waals surface area contributed by atoms with Crippen LogP contribution in [0.4, 0.5) is 0 Å². The Balaban J connectivity index is 2.12. The van der Waals surface area contributed by atoms with Crippen LogP contribution in [0.1, 0.15) is 30.9 Å². The normalized spacial score (nSPS) is 18.1. The molecule has 1 saturated carbocycles. The predicted octanol–water partition coefficient (Wildman–Crippen LogP) is 1.90. The molecule has 0 saturated heterocycles. The molecule has 3 heteroatoms. The standard InChI is InChI=1S/C11H15NO2/c12-11(3-7-1-2-7)8-4-9(13)6-10(14)5-8/h4-7,11,13-14H,1-3,12H2. The van der Waals surface area contributed by atoms with Gasteiger partial charge in [-0.3, -0.25) is 0 Å². The molecule has 0 aliphatic heterocycles. The Bertz CT molecular complexity index is 314. The molecular weight excluding hydrogens is 178 g/mol. The van der Waals surface area contributed by atoms with Gasteiger partial charge in [-0.1, -0.05) is 12.8 Å². The second-order valence-corrected chi connectivity index (χ2v) is 4.07. The van der Waals surface area contributed by atoms with Crippen LogP contribution >= 0.6 is 0 Å². The first kappa shape index (κ1) is 9.34. The second kappa shape index (κ2) is 3.50. The lowest BCUT2D eigenvalue weighted by atomic mass is 10.0. The van der Waals surface area contributed by atoms with Gasteiger partial charge in [0.05, 0.1) is 0 Å². The van der Waals surface area contributed by atoms with E-state index in [0.717, 1.165) is 17.9 Å². The van der Waals surface area contributed by atoms with Gasteiger partial charge in [-0.25, -0.2) is 0 Å². The lowest BCUT2D eigenvalue weighted by Gasteiger charge is -2.11. The summed E-state index contributed by atoms with van der Waals surface area (Å²) in [7, 11) is 0. The van der Waals surface area contributed by atoms with Crippen molar-refractivity contribution in [3.05, 3.63) is 23.8 Å². The van der Waals surface area contributed by atoms with Crippen molar-refractivity contribution in [3.63, 3.8) is 0 Å². The Morgan fingerprint density at radius 2 is 1.79 bits per heavy atom. The summed E-state index contributed by atoms with van der Waals surface area (Å²) in [5.41, 5.74) is 6.77. The lowest BCUT2D eigenvalue weighted by molar-refractivity contribution is 0.446. The second-order valence-electron chi connectivity index (χ2n) is 4.07. The molecule has 1 aromatic carbocycles. The lowest BCUT2D eigenvalue weighted by Crippen LogP contribution is -2.10. The molecule has 1 unspecified atom stereocenters. The maximum Gasteiger partial charge on any atom is 0.119 e. The Hall–Kier alpha value is -1.22.